The van der Waals surface area contributed by atoms with Crippen LogP contribution in [0.2, 0.25) is 5.15 Å². The molecule has 0 aliphatic carbocycles. The molecule has 0 amide bonds. The van der Waals surface area contributed by atoms with E-state index in [0.717, 1.165) is 0 Å². The highest BCUT2D eigenvalue weighted by Crippen LogP contribution is 2.08. The van der Waals surface area contributed by atoms with E-state index >= 15 is 0 Å². The van der Waals surface area contributed by atoms with Gasteiger partial charge in [0, 0.05) is 0 Å². The molecule has 0 bridgehead atoms. The predicted molar refractivity (Wildman–Crippen MR) is 42.8 cm³/mol. The summed E-state index contributed by atoms with van der Waals surface area (Å²) < 4.78 is 5.24. The van der Waals surface area contributed by atoms with Crippen LogP contribution in [0.4, 0.5) is 0 Å². The third-order valence-corrected chi connectivity index (χ3v) is 1.15. The Labute approximate surface area is 70.4 Å². The Hall–Kier alpha value is -0.830. The van der Waals surface area contributed by atoms with E-state index in [0.29, 0.717) is 11.0 Å². The molecule has 0 N–H and O–H groups in total. The van der Waals surface area contributed by atoms with Gasteiger partial charge in [0.15, 0.2) is 0 Å². The van der Waals surface area contributed by atoms with Gasteiger partial charge in [-0.05, 0) is 13.8 Å². The Morgan fingerprint density at radius 1 is 1.36 bits per heavy atom. The first-order chi connectivity index (χ1) is 5.18. The van der Waals surface area contributed by atoms with Crippen molar-refractivity contribution in [3.05, 3.63) is 17.5 Å². The average Bonchev–Trinajstić information content (AvgIpc) is 1.93. The lowest BCUT2D eigenvalue weighted by molar-refractivity contribution is 0.231. The third kappa shape index (κ3) is 2.72. The zero-order valence-electron chi connectivity index (χ0n) is 6.41. The van der Waals surface area contributed by atoms with E-state index in [-0.39, 0.29) is 6.10 Å². The molecule has 0 spiro atoms. The van der Waals surface area contributed by atoms with E-state index in [4.69, 9.17) is 16.3 Å². The highest BCUT2D eigenvalue weighted by molar-refractivity contribution is 6.29. The van der Waals surface area contributed by atoms with Gasteiger partial charge < -0.3 is 4.74 Å². The number of aromatic nitrogens is 2. The summed E-state index contributed by atoms with van der Waals surface area (Å²) in [6.07, 6.45) is 3.08. The van der Waals surface area contributed by atoms with Gasteiger partial charge in [-0.2, -0.15) is 0 Å². The van der Waals surface area contributed by atoms with Crippen molar-refractivity contribution < 1.29 is 4.74 Å². The molecule has 4 heteroatoms. The molecule has 60 valence electrons. The molecule has 0 atom stereocenters. The van der Waals surface area contributed by atoms with E-state index in [2.05, 4.69) is 9.97 Å². The van der Waals surface area contributed by atoms with Crippen LogP contribution in [0, 0.1) is 0 Å². The standard InChI is InChI=1S/C7H9ClN2O/c1-5(2)11-7-4-9-6(8)3-10-7/h3-5H,1-2H3. The van der Waals surface area contributed by atoms with Crippen LogP contribution in [-0.4, -0.2) is 16.1 Å². The normalized spacial score (nSPS) is 10.2. The molecule has 0 fully saturated rings. The minimum Gasteiger partial charge on any atom is -0.474 e. The monoisotopic (exact) mass is 172 g/mol. The van der Waals surface area contributed by atoms with Gasteiger partial charge in [0.25, 0.3) is 0 Å². The number of nitrogens with zero attached hydrogens (tertiary/aromatic N) is 2. The van der Waals surface area contributed by atoms with Crippen molar-refractivity contribution in [1.82, 2.24) is 9.97 Å². The van der Waals surface area contributed by atoms with Gasteiger partial charge in [-0.3, -0.25) is 0 Å². The predicted octanol–water partition coefficient (Wildman–Crippen LogP) is 1.92. The van der Waals surface area contributed by atoms with Gasteiger partial charge >= 0.3 is 0 Å². The Kier molecular flexibility index (Phi) is 2.65. The van der Waals surface area contributed by atoms with E-state index in [1.54, 1.807) is 0 Å². The van der Waals surface area contributed by atoms with Gasteiger partial charge in [0.2, 0.25) is 5.88 Å². The van der Waals surface area contributed by atoms with Gasteiger partial charge in [-0.1, -0.05) is 11.6 Å². The zero-order valence-corrected chi connectivity index (χ0v) is 7.17. The molecule has 0 aliphatic rings. The molecule has 3 nitrogen and oxygen atoms in total. The highest BCUT2D eigenvalue weighted by Gasteiger charge is 1.98. The van der Waals surface area contributed by atoms with Crippen LogP contribution in [-0.2, 0) is 0 Å². The van der Waals surface area contributed by atoms with Gasteiger partial charge in [-0.25, -0.2) is 9.97 Å². The first-order valence-corrected chi connectivity index (χ1v) is 3.70. The highest BCUT2D eigenvalue weighted by atomic mass is 35.5. The minimum atomic E-state index is 0.116. The lowest BCUT2D eigenvalue weighted by atomic mass is 10.5. The first-order valence-electron chi connectivity index (χ1n) is 3.32. The third-order valence-electron chi connectivity index (χ3n) is 0.953. The number of rotatable bonds is 2. The second-order valence-electron chi connectivity index (χ2n) is 2.34. The smallest absolute Gasteiger partial charge is 0.232 e. The zero-order chi connectivity index (χ0) is 8.27. The Bertz CT molecular complexity index is 222. The fourth-order valence-electron chi connectivity index (χ4n) is 0.603. The van der Waals surface area contributed by atoms with Crippen LogP contribution < -0.4 is 4.74 Å². The number of ether oxygens (including phenoxy) is 1. The fourth-order valence-corrected chi connectivity index (χ4v) is 0.700. The summed E-state index contributed by atoms with van der Waals surface area (Å²) in [7, 11) is 0. The van der Waals surface area contributed by atoms with Crippen LogP contribution in [0.25, 0.3) is 0 Å². The van der Waals surface area contributed by atoms with E-state index in [1.807, 2.05) is 13.8 Å². The second kappa shape index (κ2) is 3.53. The summed E-state index contributed by atoms with van der Waals surface area (Å²) in [6, 6.07) is 0. The molecule has 1 heterocycles. The molecule has 1 rings (SSSR count). The van der Waals surface area contributed by atoms with Crippen LogP contribution in [0.5, 0.6) is 5.88 Å². The topological polar surface area (TPSA) is 35.0 Å². The molecule has 0 aromatic carbocycles. The second-order valence-corrected chi connectivity index (χ2v) is 2.73. The molecule has 1 aromatic rings. The number of halogens is 1. The molecule has 0 radical (unpaired) electrons. The molecular formula is C7H9ClN2O. The number of hydrogen-bond donors (Lipinski definition) is 0. The van der Waals surface area contributed by atoms with Crippen LogP contribution in [0.3, 0.4) is 0 Å². The Morgan fingerprint density at radius 2 is 2.09 bits per heavy atom. The lowest BCUT2D eigenvalue weighted by Gasteiger charge is -2.06. The maximum absolute atomic E-state index is 5.52. The van der Waals surface area contributed by atoms with Crippen LogP contribution in [0.15, 0.2) is 12.4 Å². The summed E-state index contributed by atoms with van der Waals surface area (Å²) >= 11 is 5.52. The maximum atomic E-state index is 5.52. The molecule has 0 aliphatic heterocycles. The fraction of sp³-hybridized carbons (Fsp3) is 0.429. The van der Waals surface area contributed by atoms with E-state index < -0.39 is 0 Å². The average molecular weight is 173 g/mol. The molecular weight excluding hydrogens is 164 g/mol. The van der Waals surface area contributed by atoms with Crippen molar-refractivity contribution in [2.24, 2.45) is 0 Å². The van der Waals surface area contributed by atoms with Crippen molar-refractivity contribution in [2.75, 3.05) is 0 Å². The molecule has 0 saturated heterocycles. The molecule has 0 saturated carbocycles. The Balaban J connectivity index is 2.66. The molecule has 11 heavy (non-hydrogen) atoms. The quantitative estimate of drug-likeness (QED) is 0.684. The SMILES string of the molecule is CC(C)Oc1cnc(Cl)cn1. The summed E-state index contributed by atoms with van der Waals surface area (Å²) in [5.41, 5.74) is 0. The van der Waals surface area contributed by atoms with Crippen molar-refractivity contribution >= 4 is 11.6 Å². The van der Waals surface area contributed by atoms with E-state index in [9.17, 15) is 0 Å². The van der Waals surface area contributed by atoms with E-state index in [1.165, 1.54) is 12.4 Å². The van der Waals surface area contributed by atoms with Gasteiger partial charge in [0.1, 0.15) is 5.15 Å². The van der Waals surface area contributed by atoms with Crippen LogP contribution in [0.1, 0.15) is 13.8 Å². The van der Waals surface area contributed by atoms with Crippen molar-refractivity contribution in [2.45, 2.75) is 20.0 Å². The van der Waals surface area contributed by atoms with Gasteiger partial charge in [0.05, 0.1) is 18.5 Å². The first kappa shape index (κ1) is 8.27. The van der Waals surface area contributed by atoms with Crippen LogP contribution >= 0.6 is 11.6 Å². The minimum absolute atomic E-state index is 0.116. The Morgan fingerprint density at radius 3 is 2.55 bits per heavy atom. The molecule has 1 aromatic heterocycles. The number of hydrogen-bond acceptors (Lipinski definition) is 3. The summed E-state index contributed by atoms with van der Waals surface area (Å²) in [5.74, 6) is 0.504. The van der Waals surface area contributed by atoms with Crippen molar-refractivity contribution in [3.8, 4) is 5.88 Å². The van der Waals surface area contributed by atoms with Gasteiger partial charge in [-0.15, -0.1) is 0 Å². The lowest BCUT2D eigenvalue weighted by Crippen LogP contribution is -2.06. The summed E-state index contributed by atoms with van der Waals surface area (Å²) in [6.45, 7) is 3.85. The largest absolute Gasteiger partial charge is 0.474 e. The van der Waals surface area contributed by atoms with Crippen molar-refractivity contribution in [1.29, 1.82) is 0 Å². The van der Waals surface area contributed by atoms with Crippen molar-refractivity contribution in [3.63, 3.8) is 0 Å². The summed E-state index contributed by atoms with van der Waals surface area (Å²) in [5, 5.41) is 0.376. The maximum Gasteiger partial charge on any atom is 0.232 e. The summed E-state index contributed by atoms with van der Waals surface area (Å²) in [4.78, 5) is 7.71. The molecule has 0 unspecified atom stereocenters.